The zero-order chi connectivity index (χ0) is 10.7. The van der Waals surface area contributed by atoms with E-state index in [-0.39, 0.29) is 10.8 Å². The maximum absolute atomic E-state index is 10.9. The quantitative estimate of drug-likeness (QED) is 0.862. The maximum atomic E-state index is 10.9. The van der Waals surface area contributed by atoms with Gasteiger partial charge in [-0.2, -0.15) is 0 Å². The molecule has 0 aromatic heterocycles. The molecule has 0 bridgehead atoms. The number of hydrogen-bond donors (Lipinski definition) is 1. The Bertz CT molecular complexity index is 347. The fraction of sp³-hybridized carbons (Fsp3) is 0.125. The molecular weight excluding hydrogens is 293 g/mol. The molecule has 0 spiro atoms. The average molecular weight is 299 g/mol. The maximum Gasteiger partial charge on any atom is 0.412 e. The van der Waals surface area contributed by atoms with Crippen molar-refractivity contribution in [2.45, 2.75) is 0 Å². The minimum atomic E-state index is -0.588. The van der Waals surface area contributed by atoms with E-state index in [2.05, 4.69) is 21.2 Å². The van der Waals surface area contributed by atoms with Crippen LogP contribution in [0.15, 0.2) is 16.6 Å². The number of nitrogens with one attached hydrogen (secondary N) is 1. The van der Waals surface area contributed by atoms with E-state index < -0.39 is 6.09 Å². The van der Waals surface area contributed by atoms with Gasteiger partial charge in [-0.15, -0.1) is 0 Å². The number of amides is 1. The predicted octanol–water partition coefficient (Wildman–Crippen LogP) is 3.47. The van der Waals surface area contributed by atoms with E-state index >= 15 is 0 Å². The van der Waals surface area contributed by atoms with Gasteiger partial charge in [0.25, 0.3) is 0 Å². The molecule has 14 heavy (non-hydrogen) atoms. The van der Waals surface area contributed by atoms with Crippen molar-refractivity contribution in [1.82, 2.24) is 5.32 Å². The number of hydrogen-bond acceptors (Lipinski definition) is 2. The third-order valence-electron chi connectivity index (χ3n) is 1.36. The number of rotatable bonds is 1. The van der Waals surface area contributed by atoms with Crippen molar-refractivity contribution in [2.24, 2.45) is 0 Å². The molecule has 1 N–H and O–H groups in total. The summed E-state index contributed by atoms with van der Waals surface area (Å²) in [7, 11) is 1.46. The molecule has 0 saturated carbocycles. The zero-order valence-corrected chi connectivity index (χ0v) is 10.2. The molecule has 0 aliphatic carbocycles. The first-order valence-corrected chi connectivity index (χ1v) is 5.13. The number of halogens is 3. The molecule has 0 aliphatic heterocycles. The summed E-state index contributed by atoms with van der Waals surface area (Å²) in [6.45, 7) is 0. The van der Waals surface area contributed by atoms with Gasteiger partial charge in [0.15, 0.2) is 5.75 Å². The van der Waals surface area contributed by atoms with Crippen molar-refractivity contribution >= 4 is 45.2 Å². The molecule has 0 saturated heterocycles. The summed E-state index contributed by atoms with van der Waals surface area (Å²) in [5, 5.41) is 3.04. The number of carbonyl (C=O) groups is 1. The second-order valence-corrected chi connectivity index (χ2v) is 4.04. The summed E-state index contributed by atoms with van der Waals surface area (Å²) in [6.07, 6.45) is -0.588. The molecule has 76 valence electrons. The van der Waals surface area contributed by atoms with Crippen molar-refractivity contribution in [3.8, 4) is 5.75 Å². The molecular formula is C8H6BrCl2NO2. The first kappa shape index (κ1) is 11.6. The van der Waals surface area contributed by atoms with Crippen molar-refractivity contribution in [2.75, 3.05) is 7.05 Å². The summed E-state index contributed by atoms with van der Waals surface area (Å²) in [6, 6.07) is 3.08. The SMILES string of the molecule is CNC(=O)Oc1c(Cl)cc(Cl)cc1Br. The first-order valence-electron chi connectivity index (χ1n) is 3.58. The van der Waals surface area contributed by atoms with Crippen LogP contribution in [0.5, 0.6) is 5.75 Å². The summed E-state index contributed by atoms with van der Waals surface area (Å²) in [4.78, 5) is 10.9. The average Bonchev–Trinajstić information content (AvgIpc) is 2.10. The Hall–Kier alpha value is -0.450. The summed E-state index contributed by atoms with van der Waals surface area (Å²) in [5.74, 6) is 0.246. The van der Waals surface area contributed by atoms with Gasteiger partial charge in [0, 0.05) is 12.1 Å². The molecule has 6 heteroatoms. The third kappa shape index (κ3) is 2.77. The summed E-state index contributed by atoms with van der Waals surface area (Å²) in [5.41, 5.74) is 0. The van der Waals surface area contributed by atoms with Gasteiger partial charge in [0.05, 0.1) is 9.50 Å². The second-order valence-electron chi connectivity index (χ2n) is 2.34. The molecule has 0 atom stereocenters. The Kier molecular flexibility index (Phi) is 4.04. The lowest BCUT2D eigenvalue weighted by Gasteiger charge is -2.07. The van der Waals surface area contributed by atoms with Gasteiger partial charge >= 0.3 is 6.09 Å². The summed E-state index contributed by atoms with van der Waals surface area (Å²) < 4.78 is 5.42. The van der Waals surface area contributed by atoms with E-state index in [1.807, 2.05) is 0 Å². The van der Waals surface area contributed by atoms with E-state index in [9.17, 15) is 4.79 Å². The minimum absolute atomic E-state index is 0.246. The van der Waals surface area contributed by atoms with Crippen molar-refractivity contribution in [3.05, 3.63) is 26.7 Å². The topological polar surface area (TPSA) is 38.3 Å². The van der Waals surface area contributed by atoms with Crippen LogP contribution in [0.25, 0.3) is 0 Å². The Morgan fingerprint density at radius 2 is 2.14 bits per heavy atom. The predicted molar refractivity (Wildman–Crippen MR) is 59.2 cm³/mol. The van der Waals surface area contributed by atoms with Crippen molar-refractivity contribution < 1.29 is 9.53 Å². The lowest BCUT2D eigenvalue weighted by atomic mass is 10.3. The highest BCUT2D eigenvalue weighted by Gasteiger charge is 2.11. The van der Waals surface area contributed by atoms with Crippen molar-refractivity contribution in [3.63, 3.8) is 0 Å². The van der Waals surface area contributed by atoms with Crippen LogP contribution in [0, 0.1) is 0 Å². The second kappa shape index (κ2) is 4.87. The van der Waals surface area contributed by atoms with Crippen LogP contribution < -0.4 is 10.1 Å². The van der Waals surface area contributed by atoms with E-state index in [4.69, 9.17) is 27.9 Å². The molecule has 1 aromatic rings. The van der Waals surface area contributed by atoms with E-state index in [0.29, 0.717) is 9.50 Å². The highest BCUT2D eigenvalue weighted by Crippen LogP contribution is 2.35. The standard InChI is InChI=1S/C8H6BrCl2NO2/c1-12-8(13)14-7-5(9)2-4(10)3-6(7)11/h2-3H,1H3,(H,12,13). The Morgan fingerprint density at radius 3 is 2.64 bits per heavy atom. The molecule has 0 unspecified atom stereocenters. The Balaban J connectivity index is 3.02. The summed E-state index contributed by atoms with van der Waals surface area (Å²) >= 11 is 14.7. The molecule has 1 rings (SSSR count). The fourth-order valence-corrected chi connectivity index (χ4v) is 2.09. The molecule has 1 aromatic carbocycles. The van der Waals surface area contributed by atoms with Gasteiger partial charge in [0.1, 0.15) is 0 Å². The van der Waals surface area contributed by atoms with Crippen LogP contribution in [0.2, 0.25) is 10.0 Å². The molecule has 0 fully saturated rings. The fourth-order valence-electron chi connectivity index (χ4n) is 0.770. The van der Waals surface area contributed by atoms with Gasteiger partial charge in [-0.3, -0.25) is 0 Å². The number of carbonyl (C=O) groups excluding carboxylic acids is 1. The highest BCUT2D eigenvalue weighted by molar-refractivity contribution is 9.10. The van der Waals surface area contributed by atoms with Crippen LogP contribution in [0.1, 0.15) is 0 Å². The van der Waals surface area contributed by atoms with Crippen LogP contribution in [-0.4, -0.2) is 13.1 Å². The zero-order valence-electron chi connectivity index (χ0n) is 7.11. The molecule has 1 amide bonds. The van der Waals surface area contributed by atoms with Crippen LogP contribution in [0.3, 0.4) is 0 Å². The van der Waals surface area contributed by atoms with Gasteiger partial charge in [-0.25, -0.2) is 4.79 Å². The lowest BCUT2D eigenvalue weighted by molar-refractivity contribution is 0.202. The molecule has 0 aliphatic rings. The van der Waals surface area contributed by atoms with E-state index in [1.165, 1.54) is 13.1 Å². The van der Waals surface area contributed by atoms with Crippen LogP contribution in [-0.2, 0) is 0 Å². The van der Waals surface area contributed by atoms with Gasteiger partial charge in [-0.05, 0) is 28.1 Å². The van der Waals surface area contributed by atoms with Gasteiger partial charge in [-0.1, -0.05) is 23.2 Å². The first-order chi connectivity index (χ1) is 6.54. The van der Waals surface area contributed by atoms with E-state index in [1.54, 1.807) is 6.07 Å². The van der Waals surface area contributed by atoms with E-state index in [0.717, 1.165) is 0 Å². The van der Waals surface area contributed by atoms with Crippen LogP contribution in [0.4, 0.5) is 4.79 Å². The largest absolute Gasteiger partial charge is 0.412 e. The molecule has 0 radical (unpaired) electrons. The number of ether oxygens (including phenoxy) is 1. The Labute approximate surface area is 99.5 Å². The lowest BCUT2D eigenvalue weighted by Crippen LogP contribution is -2.22. The number of benzene rings is 1. The van der Waals surface area contributed by atoms with Crippen LogP contribution >= 0.6 is 39.1 Å². The Morgan fingerprint density at radius 1 is 1.50 bits per heavy atom. The smallest absolute Gasteiger partial charge is 0.408 e. The molecule has 0 heterocycles. The monoisotopic (exact) mass is 297 g/mol. The van der Waals surface area contributed by atoms with Gasteiger partial charge in [0.2, 0.25) is 0 Å². The third-order valence-corrected chi connectivity index (χ3v) is 2.45. The van der Waals surface area contributed by atoms with Gasteiger partial charge < -0.3 is 10.1 Å². The molecule has 3 nitrogen and oxygen atoms in total. The highest BCUT2D eigenvalue weighted by atomic mass is 79.9. The van der Waals surface area contributed by atoms with Crippen molar-refractivity contribution in [1.29, 1.82) is 0 Å². The minimum Gasteiger partial charge on any atom is -0.408 e. The normalized spacial score (nSPS) is 9.71.